The third kappa shape index (κ3) is 17.5. The maximum atomic E-state index is 10.4. The molecule has 0 aromatic rings. The van der Waals surface area contributed by atoms with Crippen LogP contribution in [0.3, 0.4) is 0 Å². The average Bonchev–Trinajstić information content (AvgIpc) is 2.64. The van der Waals surface area contributed by atoms with Crippen LogP contribution in [0.25, 0.3) is 0 Å². The van der Waals surface area contributed by atoms with Gasteiger partial charge in [0.05, 0.1) is 12.2 Å². The number of allylic oxidation sites excluding steroid dienone is 7. The van der Waals surface area contributed by atoms with Gasteiger partial charge in [-0.15, -0.1) is 0 Å². The zero-order valence-corrected chi connectivity index (χ0v) is 17.0. The normalized spacial score (nSPS) is 16.0. The number of carbonyl (C=O) groups is 1. The second-order valence-corrected chi connectivity index (χ2v) is 7.00. The summed E-state index contributed by atoms with van der Waals surface area (Å²) in [4.78, 5) is 10.4. The van der Waals surface area contributed by atoms with Crippen LogP contribution in [0.15, 0.2) is 48.6 Å². The van der Waals surface area contributed by atoms with E-state index in [1.807, 2.05) is 12.2 Å². The topological polar surface area (TPSA) is 77.8 Å². The summed E-state index contributed by atoms with van der Waals surface area (Å²) in [6, 6.07) is 0. The van der Waals surface area contributed by atoms with Gasteiger partial charge in [0.15, 0.2) is 0 Å². The summed E-state index contributed by atoms with van der Waals surface area (Å²) in [5, 5.41) is 27.9. The molecule has 27 heavy (non-hydrogen) atoms. The Morgan fingerprint density at radius 1 is 0.889 bits per heavy atom. The first-order chi connectivity index (χ1) is 13.0. The number of aliphatic carboxylic acids is 1. The van der Waals surface area contributed by atoms with Gasteiger partial charge in [-0.05, 0) is 38.0 Å². The van der Waals surface area contributed by atoms with Crippen molar-refractivity contribution >= 4 is 5.97 Å². The monoisotopic (exact) mass is 378 g/mol. The Balaban J connectivity index is 3.78. The molecule has 0 saturated carbocycles. The molecule has 4 heteroatoms. The van der Waals surface area contributed by atoms with Crippen LogP contribution in [0, 0.1) is 5.92 Å². The minimum atomic E-state index is -0.992. The molecule has 0 aliphatic carbocycles. The smallest absolute Gasteiger partial charge is 0.303 e. The number of rotatable bonds is 16. The number of unbranched alkanes of at least 4 members (excludes halogenated alkanes) is 2. The fraction of sp³-hybridized carbons (Fsp3) is 0.609. The Kier molecular flexibility index (Phi) is 16.7. The molecule has 0 amide bonds. The summed E-state index contributed by atoms with van der Waals surface area (Å²) >= 11 is 0. The highest BCUT2D eigenvalue weighted by Crippen LogP contribution is 2.10. The molecule has 3 N–H and O–H groups in total. The molecule has 154 valence electrons. The van der Waals surface area contributed by atoms with Crippen molar-refractivity contribution in [2.75, 3.05) is 0 Å². The number of hydrogen-bond donors (Lipinski definition) is 3. The van der Waals surface area contributed by atoms with Gasteiger partial charge in [-0.25, -0.2) is 0 Å². The molecular weight excluding hydrogens is 340 g/mol. The van der Waals surface area contributed by atoms with Crippen molar-refractivity contribution in [3.05, 3.63) is 48.6 Å². The maximum absolute atomic E-state index is 10.4. The van der Waals surface area contributed by atoms with Crippen LogP contribution in [-0.2, 0) is 4.79 Å². The molecule has 3 atom stereocenters. The van der Waals surface area contributed by atoms with Gasteiger partial charge in [0.25, 0.3) is 0 Å². The fourth-order valence-corrected chi connectivity index (χ4v) is 2.53. The Bertz CT molecular complexity index is 477. The summed E-state index contributed by atoms with van der Waals surface area (Å²) in [6.45, 7) is 4.49. The summed E-state index contributed by atoms with van der Waals surface area (Å²) < 4.78 is 0. The lowest BCUT2D eigenvalue weighted by Gasteiger charge is -2.14. The van der Waals surface area contributed by atoms with E-state index in [9.17, 15) is 15.0 Å². The van der Waals surface area contributed by atoms with Crippen LogP contribution < -0.4 is 0 Å². The predicted molar refractivity (Wildman–Crippen MR) is 113 cm³/mol. The highest BCUT2D eigenvalue weighted by molar-refractivity contribution is 5.66. The van der Waals surface area contributed by atoms with E-state index < -0.39 is 18.2 Å². The molecule has 0 aromatic carbocycles. The van der Waals surface area contributed by atoms with E-state index >= 15 is 0 Å². The molecule has 3 unspecified atom stereocenters. The first-order valence-corrected chi connectivity index (χ1v) is 10.2. The van der Waals surface area contributed by atoms with Crippen molar-refractivity contribution in [2.24, 2.45) is 5.92 Å². The first kappa shape index (κ1) is 25.4. The van der Waals surface area contributed by atoms with Crippen molar-refractivity contribution in [1.82, 2.24) is 0 Å². The van der Waals surface area contributed by atoms with Crippen molar-refractivity contribution in [1.29, 1.82) is 0 Å². The minimum Gasteiger partial charge on any atom is -0.481 e. The molecule has 0 aliphatic heterocycles. The summed E-state index contributed by atoms with van der Waals surface area (Å²) in [6.07, 6.45) is 21.7. The summed E-state index contributed by atoms with van der Waals surface area (Å²) in [5.74, 6) is -0.326. The van der Waals surface area contributed by atoms with Gasteiger partial charge in [0.1, 0.15) is 0 Å². The SMILES string of the molecule is CCCCCC(C)/C=C/C=C\C/C=C\C/C=C\CC(O)C(O)CCC(=O)O. The molecule has 0 fully saturated rings. The van der Waals surface area contributed by atoms with Crippen molar-refractivity contribution in [2.45, 2.75) is 83.8 Å². The van der Waals surface area contributed by atoms with Gasteiger partial charge in [-0.1, -0.05) is 81.7 Å². The van der Waals surface area contributed by atoms with E-state index in [-0.39, 0.29) is 12.8 Å². The minimum absolute atomic E-state index is 0.0720. The molecule has 0 saturated heterocycles. The van der Waals surface area contributed by atoms with Crippen LogP contribution in [0.4, 0.5) is 0 Å². The van der Waals surface area contributed by atoms with E-state index in [0.717, 1.165) is 12.8 Å². The van der Waals surface area contributed by atoms with Gasteiger partial charge >= 0.3 is 5.97 Å². The lowest BCUT2D eigenvalue weighted by atomic mass is 10.0. The summed E-state index contributed by atoms with van der Waals surface area (Å²) in [5.41, 5.74) is 0. The molecule has 0 aromatic heterocycles. The first-order valence-electron chi connectivity index (χ1n) is 10.2. The van der Waals surface area contributed by atoms with Crippen molar-refractivity contribution in [3.63, 3.8) is 0 Å². The molecule has 0 radical (unpaired) electrons. The van der Waals surface area contributed by atoms with Crippen LogP contribution >= 0.6 is 0 Å². The van der Waals surface area contributed by atoms with E-state index in [0.29, 0.717) is 12.3 Å². The van der Waals surface area contributed by atoms with E-state index in [1.54, 1.807) is 0 Å². The largest absolute Gasteiger partial charge is 0.481 e. The molecule has 4 nitrogen and oxygen atoms in total. The van der Waals surface area contributed by atoms with Gasteiger partial charge < -0.3 is 15.3 Å². The third-order valence-corrected chi connectivity index (χ3v) is 4.30. The van der Waals surface area contributed by atoms with Crippen LogP contribution in [0.2, 0.25) is 0 Å². The number of carboxylic acids is 1. The quantitative estimate of drug-likeness (QED) is 0.196. The number of aliphatic hydroxyl groups excluding tert-OH is 2. The van der Waals surface area contributed by atoms with Crippen LogP contribution in [0.1, 0.15) is 71.6 Å². The van der Waals surface area contributed by atoms with Gasteiger partial charge in [0.2, 0.25) is 0 Å². The third-order valence-electron chi connectivity index (χ3n) is 4.30. The molecule has 0 bridgehead atoms. The van der Waals surface area contributed by atoms with Crippen LogP contribution in [-0.4, -0.2) is 33.5 Å². The van der Waals surface area contributed by atoms with E-state index in [1.165, 1.54) is 25.7 Å². The van der Waals surface area contributed by atoms with E-state index in [4.69, 9.17) is 5.11 Å². The Morgan fingerprint density at radius 2 is 1.56 bits per heavy atom. The predicted octanol–water partition coefficient (Wildman–Crippen LogP) is 5.18. The Labute approximate surface area is 165 Å². The number of aliphatic hydroxyl groups is 2. The lowest BCUT2D eigenvalue weighted by Crippen LogP contribution is -2.25. The second kappa shape index (κ2) is 17.7. The Morgan fingerprint density at radius 3 is 2.22 bits per heavy atom. The second-order valence-electron chi connectivity index (χ2n) is 7.00. The highest BCUT2D eigenvalue weighted by atomic mass is 16.4. The van der Waals surface area contributed by atoms with Crippen molar-refractivity contribution in [3.8, 4) is 0 Å². The fourth-order valence-electron chi connectivity index (χ4n) is 2.53. The van der Waals surface area contributed by atoms with Gasteiger partial charge in [-0.3, -0.25) is 4.79 Å². The Hall–Kier alpha value is -1.65. The van der Waals surface area contributed by atoms with Gasteiger partial charge in [-0.2, -0.15) is 0 Å². The molecule has 0 aliphatic rings. The number of carboxylic acid groups (broad SMARTS) is 1. The zero-order chi connectivity index (χ0) is 20.3. The zero-order valence-electron chi connectivity index (χ0n) is 17.0. The average molecular weight is 379 g/mol. The van der Waals surface area contributed by atoms with Gasteiger partial charge in [0, 0.05) is 6.42 Å². The number of hydrogen-bond acceptors (Lipinski definition) is 3. The standard InChI is InChI=1S/C23H38O4/c1-3-4-12-15-20(2)16-13-10-8-6-5-7-9-11-14-17-21(24)22(25)18-19-23(26)27/h5,7-8,10-11,13-14,16,20-22,24-25H,3-4,6,9,12,15,17-19H2,1-2H3,(H,26,27)/b7-5-,10-8-,14-11-,16-13+. The van der Waals surface area contributed by atoms with Crippen molar-refractivity contribution < 1.29 is 20.1 Å². The molecular formula is C23H38O4. The maximum Gasteiger partial charge on any atom is 0.303 e. The van der Waals surface area contributed by atoms with Crippen LogP contribution in [0.5, 0.6) is 0 Å². The lowest BCUT2D eigenvalue weighted by molar-refractivity contribution is -0.138. The van der Waals surface area contributed by atoms with E-state index in [2.05, 4.69) is 50.3 Å². The molecule has 0 rings (SSSR count). The highest BCUT2D eigenvalue weighted by Gasteiger charge is 2.15. The summed E-state index contributed by atoms with van der Waals surface area (Å²) in [7, 11) is 0. The molecule has 0 spiro atoms. The molecule has 0 heterocycles.